The van der Waals surface area contributed by atoms with E-state index >= 15 is 0 Å². The van der Waals surface area contributed by atoms with Gasteiger partial charge in [-0.2, -0.15) is 0 Å². The molecule has 6 heteroatoms. The molecule has 1 aromatic rings. The van der Waals surface area contributed by atoms with Crippen molar-refractivity contribution in [2.24, 2.45) is 5.92 Å². The standard InChI is InChI=1S/C14H24N2O2S2/c1-3-10-20(17,18)15-11-12-6-4-8-16(2)14(12)13-7-5-9-19-13/h5,7,9,12,14-15H,3-4,6,8,10-11H2,1-2H3/t12-,14+/m0/s1. The van der Waals surface area contributed by atoms with Crippen LogP contribution in [0.25, 0.3) is 0 Å². The van der Waals surface area contributed by atoms with Crippen LogP contribution in [0.4, 0.5) is 0 Å². The van der Waals surface area contributed by atoms with Crippen LogP contribution in [0.3, 0.4) is 0 Å². The first-order valence-corrected chi connectivity index (χ1v) is 9.77. The molecule has 1 aliphatic heterocycles. The average Bonchev–Trinajstić information content (AvgIpc) is 2.90. The Morgan fingerprint density at radius 3 is 2.95 bits per heavy atom. The third-order valence-electron chi connectivity index (χ3n) is 3.88. The fourth-order valence-corrected chi connectivity index (χ4v) is 5.09. The smallest absolute Gasteiger partial charge is 0.211 e. The third kappa shape index (κ3) is 4.04. The van der Waals surface area contributed by atoms with Crippen LogP contribution in [0.15, 0.2) is 17.5 Å². The lowest BCUT2D eigenvalue weighted by molar-refractivity contribution is 0.126. The van der Waals surface area contributed by atoms with Gasteiger partial charge in [0.15, 0.2) is 0 Å². The highest BCUT2D eigenvalue weighted by Crippen LogP contribution is 2.36. The second-order valence-corrected chi connectivity index (χ2v) is 8.42. The van der Waals surface area contributed by atoms with Crippen molar-refractivity contribution in [3.05, 3.63) is 22.4 Å². The Kier molecular flexibility index (Phi) is 5.60. The molecule has 1 N–H and O–H groups in total. The molecular weight excluding hydrogens is 292 g/mol. The second-order valence-electron chi connectivity index (χ2n) is 5.51. The maximum Gasteiger partial charge on any atom is 0.211 e. The van der Waals surface area contributed by atoms with Crippen molar-refractivity contribution in [3.63, 3.8) is 0 Å². The van der Waals surface area contributed by atoms with E-state index in [4.69, 9.17) is 0 Å². The van der Waals surface area contributed by atoms with Crippen molar-refractivity contribution in [2.75, 3.05) is 25.9 Å². The molecule has 20 heavy (non-hydrogen) atoms. The monoisotopic (exact) mass is 316 g/mol. The Bertz CT molecular complexity index is 499. The van der Waals surface area contributed by atoms with Gasteiger partial charge in [-0.1, -0.05) is 13.0 Å². The second kappa shape index (κ2) is 7.02. The first kappa shape index (κ1) is 15.9. The van der Waals surface area contributed by atoms with Gasteiger partial charge >= 0.3 is 0 Å². The van der Waals surface area contributed by atoms with Crippen molar-refractivity contribution >= 4 is 21.4 Å². The molecule has 2 rings (SSSR count). The van der Waals surface area contributed by atoms with Crippen LogP contribution in [0, 0.1) is 5.92 Å². The van der Waals surface area contributed by atoms with E-state index in [1.165, 1.54) is 4.88 Å². The van der Waals surface area contributed by atoms with Gasteiger partial charge in [-0.15, -0.1) is 11.3 Å². The van der Waals surface area contributed by atoms with Gasteiger partial charge in [0.05, 0.1) is 5.75 Å². The molecule has 0 radical (unpaired) electrons. The summed E-state index contributed by atoms with van der Waals surface area (Å²) in [7, 11) is -0.970. The van der Waals surface area contributed by atoms with Gasteiger partial charge in [-0.25, -0.2) is 13.1 Å². The number of sulfonamides is 1. The highest BCUT2D eigenvalue weighted by Gasteiger charge is 2.31. The summed E-state index contributed by atoms with van der Waals surface area (Å²) in [4.78, 5) is 3.69. The van der Waals surface area contributed by atoms with E-state index in [0.29, 0.717) is 24.9 Å². The Morgan fingerprint density at radius 2 is 2.30 bits per heavy atom. The van der Waals surface area contributed by atoms with Crippen molar-refractivity contribution in [1.29, 1.82) is 0 Å². The van der Waals surface area contributed by atoms with E-state index in [1.54, 1.807) is 11.3 Å². The number of hydrogen-bond donors (Lipinski definition) is 1. The maximum absolute atomic E-state index is 11.8. The van der Waals surface area contributed by atoms with Gasteiger partial charge in [-0.05, 0) is 50.2 Å². The molecule has 0 aromatic carbocycles. The molecule has 1 fully saturated rings. The van der Waals surface area contributed by atoms with E-state index in [0.717, 1.165) is 19.4 Å². The largest absolute Gasteiger partial charge is 0.298 e. The fourth-order valence-electron chi connectivity index (χ4n) is 2.96. The lowest BCUT2D eigenvalue weighted by Crippen LogP contribution is -2.41. The molecule has 0 amide bonds. The van der Waals surface area contributed by atoms with Crippen molar-refractivity contribution in [2.45, 2.75) is 32.2 Å². The summed E-state index contributed by atoms with van der Waals surface area (Å²) in [6.07, 6.45) is 2.88. The molecule has 1 aromatic heterocycles. The van der Waals surface area contributed by atoms with E-state index in [1.807, 2.05) is 6.92 Å². The molecule has 0 unspecified atom stereocenters. The van der Waals surface area contributed by atoms with E-state index < -0.39 is 10.0 Å². The molecule has 0 bridgehead atoms. The summed E-state index contributed by atoms with van der Waals surface area (Å²) in [6.45, 7) is 3.53. The molecule has 0 aliphatic carbocycles. The molecule has 114 valence electrons. The van der Waals surface area contributed by atoms with Crippen LogP contribution in [-0.2, 0) is 10.0 Å². The Balaban J connectivity index is 2.04. The quantitative estimate of drug-likeness (QED) is 0.877. The van der Waals surface area contributed by atoms with Crippen LogP contribution in [0.5, 0.6) is 0 Å². The number of piperidine rings is 1. The molecule has 1 aliphatic rings. The van der Waals surface area contributed by atoms with Crippen molar-refractivity contribution in [3.8, 4) is 0 Å². The van der Waals surface area contributed by atoms with E-state index in [9.17, 15) is 8.42 Å². The normalized spacial score (nSPS) is 24.9. The summed E-state index contributed by atoms with van der Waals surface area (Å²) in [6, 6.07) is 4.57. The highest BCUT2D eigenvalue weighted by atomic mass is 32.2. The Labute approximate surface area is 126 Å². The highest BCUT2D eigenvalue weighted by molar-refractivity contribution is 7.89. The molecule has 1 saturated heterocycles. The topological polar surface area (TPSA) is 49.4 Å². The predicted octanol–water partition coefficient (Wildman–Crippen LogP) is 2.46. The number of nitrogens with zero attached hydrogens (tertiary/aromatic N) is 1. The molecule has 0 spiro atoms. The molecule has 2 heterocycles. The first-order chi connectivity index (χ1) is 9.53. The first-order valence-electron chi connectivity index (χ1n) is 7.24. The fraction of sp³-hybridized carbons (Fsp3) is 0.714. The number of rotatable bonds is 6. The van der Waals surface area contributed by atoms with Crippen LogP contribution in [-0.4, -0.2) is 39.2 Å². The average molecular weight is 316 g/mol. The Morgan fingerprint density at radius 1 is 1.50 bits per heavy atom. The zero-order chi connectivity index (χ0) is 14.6. The third-order valence-corrected chi connectivity index (χ3v) is 6.38. The summed E-state index contributed by atoms with van der Waals surface area (Å²) in [5.41, 5.74) is 0. The van der Waals surface area contributed by atoms with Crippen LogP contribution in [0.2, 0.25) is 0 Å². The number of nitrogens with one attached hydrogen (secondary N) is 1. The van der Waals surface area contributed by atoms with Crippen LogP contribution < -0.4 is 4.72 Å². The molecule has 4 nitrogen and oxygen atoms in total. The molecule has 0 saturated carbocycles. The summed E-state index contributed by atoms with van der Waals surface area (Å²) >= 11 is 1.76. The van der Waals surface area contributed by atoms with Crippen molar-refractivity contribution < 1.29 is 8.42 Å². The maximum atomic E-state index is 11.8. The lowest BCUT2D eigenvalue weighted by Gasteiger charge is -2.38. The van der Waals surface area contributed by atoms with Gasteiger partial charge in [0, 0.05) is 17.5 Å². The number of thiophene rings is 1. The lowest BCUT2D eigenvalue weighted by atomic mass is 9.88. The Hall–Kier alpha value is -0.430. The SMILES string of the molecule is CCCS(=O)(=O)NC[C@@H]1CCCN(C)[C@H]1c1cccs1. The molecule has 2 atom stereocenters. The predicted molar refractivity (Wildman–Crippen MR) is 84.5 cm³/mol. The van der Waals surface area contributed by atoms with Gasteiger partial charge in [-0.3, -0.25) is 4.90 Å². The van der Waals surface area contributed by atoms with Gasteiger partial charge < -0.3 is 0 Å². The minimum Gasteiger partial charge on any atom is -0.298 e. The molecular formula is C14H24N2O2S2. The van der Waals surface area contributed by atoms with Gasteiger partial charge in [0.2, 0.25) is 10.0 Å². The zero-order valence-corrected chi connectivity index (χ0v) is 13.8. The van der Waals surface area contributed by atoms with Crippen LogP contribution >= 0.6 is 11.3 Å². The summed E-state index contributed by atoms with van der Waals surface area (Å²) < 4.78 is 26.4. The summed E-state index contributed by atoms with van der Waals surface area (Å²) in [5, 5.41) is 2.09. The van der Waals surface area contributed by atoms with Gasteiger partial charge in [0.1, 0.15) is 0 Å². The minimum atomic E-state index is -3.11. The zero-order valence-electron chi connectivity index (χ0n) is 12.2. The minimum absolute atomic E-state index is 0.221. The van der Waals surface area contributed by atoms with E-state index in [2.05, 4.69) is 34.2 Å². The van der Waals surface area contributed by atoms with E-state index in [-0.39, 0.29) is 5.75 Å². The summed E-state index contributed by atoms with van der Waals surface area (Å²) in [5.74, 6) is 0.582. The van der Waals surface area contributed by atoms with Crippen molar-refractivity contribution in [1.82, 2.24) is 9.62 Å². The number of hydrogen-bond acceptors (Lipinski definition) is 4. The number of likely N-dealkylation sites (tertiary alicyclic amines) is 1. The van der Waals surface area contributed by atoms with Gasteiger partial charge in [0.25, 0.3) is 0 Å². The van der Waals surface area contributed by atoms with Crippen LogP contribution in [0.1, 0.15) is 37.1 Å².